The molecule has 2 unspecified atom stereocenters. The summed E-state index contributed by atoms with van der Waals surface area (Å²) in [7, 11) is 0. The first-order valence-corrected chi connectivity index (χ1v) is 7.88. The molecule has 20 heavy (non-hydrogen) atoms. The van der Waals surface area contributed by atoms with Crippen LogP contribution in [0.15, 0.2) is 0 Å². The lowest BCUT2D eigenvalue weighted by molar-refractivity contribution is 0.181. The first-order valence-electron chi connectivity index (χ1n) is 7.88. The van der Waals surface area contributed by atoms with Crippen LogP contribution in [0.2, 0.25) is 0 Å². The van der Waals surface area contributed by atoms with E-state index in [1.807, 2.05) is 0 Å². The lowest BCUT2D eigenvalue weighted by atomic mass is 10.0. The molecule has 0 aromatic carbocycles. The van der Waals surface area contributed by atoms with Crippen molar-refractivity contribution in [2.75, 3.05) is 32.8 Å². The average molecular weight is 285 g/mol. The Morgan fingerprint density at radius 3 is 2.80 bits per heavy atom. The quantitative estimate of drug-likeness (QED) is 0.663. The van der Waals surface area contributed by atoms with Crippen LogP contribution in [-0.4, -0.2) is 54.9 Å². The van der Waals surface area contributed by atoms with Gasteiger partial charge in [0, 0.05) is 19.6 Å². The highest BCUT2D eigenvalue weighted by Crippen LogP contribution is 2.14. The van der Waals surface area contributed by atoms with Gasteiger partial charge in [0.15, 0.2) is 0 Å². The number of hydrogen-bond donors (Lipinski definition) is 3. The molecule has 3 N–H and O–H groups in total. The summed E-state index contributed by atoms with van der Waals surface area (Å²) >= 11 is 0. The monoisotopic (exact) mass is 285 g/mol. The molecular formula is C15H31N3O2. The molecule has 1 saturated heterocycles. The van der Waals surface area contributed by atoms with Crippen LogP contribution in [0.1, 0.15) is 40.0 Å². The number of nitrogens with one attached hydrogen (secondary N) is 2. The van der Waals surface area contributed by atoms with Crippen molar-refractivity contribution in [2.45, 2.75) is 46.1 Å². The van der Waals surface area contributed by atoms with Crippen LogP contribution in [0.25, 0.3) is 0 Å². The molecule has 1 rings (SSSR count). The predicted molar refractivity (Wildman–Crippen MR) is 81.7 cm³/mol. The fourth-order valence-electron chi connectivity index (χ4n) is 2.80. The van der Waals surface area contributed by atoms with Gasteiger partial charge in [0.05, 0.1) is 12.6 Å². The van der Waals surface area contributed by atoms with Crippen molar-refractivity contribution in [3.63, 3.8) is 0 Å². The van der Waals surface area contributed by atoms with E-state index in [1.165, 1.54) is 12.8 Å². The molecule has 2 amide bonds. The number of rotatable bonds is 7. The number of urea groups is 1. The maximum absolute atomic E-state index is 11.7. The van der Waals surface area contributed by atoms with Gasteiger partial charge < -0.3 is 20.6 Å². The number of piperidine rings is 1. The summed E-state index contributed by atoms with van der Waals surface area (Å²) in [5, 5.41) is 14.9. The Balaban J connectivity index is 2.15. The Morgan fingerprint density at radius 2 is 2.20 bits per heavy atom. The first-order chi connectivity index (χ1) is 9.51. The fourth-order valence-corrected chi connectivity index (χ4v) is 2.80. The summed E-state index contributed by atoms with van der Waals surface area (Å²) < 4.78 is 0. The second-order valence-electron chi connectivity index (χ2n) is 6.46. The number of aliphatic hydroxyl groups excluding tert-OH is 1. The molecule has 118 valence electrons. The number of amides is 2. The minimum atomic E-state index is -0.172. The zero-order valence-electron chi connectivity index (χ0n) is 13.2. The van der Waals surface area contributed by atoms with Gasteiger partial charge in [-0.3, -0.25) is 0 Å². The molecule has 1 aliphatic rings. The maximum Gasteiger partial charge on any atom is 0.315 e. The van der Waals surface area contributed by atoms with Gasteiger partial charge in [0.1, 0.15) is 0 Å². The van der Waals surface area contributed by atoms with Gasteiger partial charge in [-0.05, 0) is 37.6 Å². The zero-order valence-corrected chi connectivity index (χ0v) is 13.2. The Hall–Kier alpha value is -0.810. The van der Waals surface area contributed by atoms with E-state index in [4.69, 9.17) is 0 Å². The largest absolute Gasteiger partial charge is 0.394 e. The molecule has 2 atom stereocenters. The lowest BCUT2D eigenvalue weighted by Crippen LogP contribution is -2.47. The lowest BCUT2D eigenvalue weighted by Gasteiger charge is -2.30. The summed E-state index contributed by atoms with van der Waals surface area (Å²) in [6.45, 7) is 10.3. The molecule has 0 aromatic rings. The molecule has 1 heterocycles. The number of carbonyl (C=O) groups is 1. The van der Waals surface area contributed by atoms with E-state index in [1.54, 1.807) is 0 Å². The number of carbonyl (C=O) groups excluding carboxylic acids is 1. The highest BCUT2D eigenvalue weighted by Gasteiger charge is 2.16. The van der Waals surface area contributed by atoms with Crippen molar-refractivity contribution in [3.8, 4) is 0 Å². The highest BCUT2D eigenvalue weighted by molar-refractivity contribution is 5.74. The van der Waals surface area contributed by atoms with Gasteiger partial charge in [0.25, 0.3) is 0 Å². The van der Waals surface area contributed by atoms with E-state index in [0.29, 0.717) is 12.5 Å². The van der Waals surface area contributed by atoms with E-state index < -0.39 is 0 Å². The highest BCUT2D eigenvalue weighted by atomic mass is 16.3. The van der Waals surface area contributed by atoms with Gasteiger partial charge in [-0.15, -0.1) is 0 Å². The summed E-state index contributed by atoms with van der Waals surface area (Å²) in [6, 6.07) is -0.320. The van der Waals surface area contributed by atoms with Crippen molar-refractivity contribution in [1.82, 2.24) is 15.5 Å². The third-order valence-electron chi connectivity index (χ3n) is 3.77. The van der Waals surface area contributed by atoms with Crippen LogP contribution in [0.3, 0.4) is 0 Å². The van der Waals surface area contributed by atoms with Gasteiger partial charge in [-0.1, -0.05) is 20.8 Å². The molecular weight excluding hydrogens is 254 g/mol. The zero-order chi connectivity index (χ0) is 15.0. The van der Waals surface area contributed by atoms with Crippen LogP contribution in [0.4, 0.5) is 4.79 Å². The van der Waals surface area contributed by atoms with Crippen molar-refractivity contribution in [2.24, 2.45) is 11.8 Å². The Bertz CT molecular complexity index is 284. The van der Waals surface area contributed by atoms with Gasteiger partial charge >= 0.3 is 6.03 Å². The van der Waals surface area contributed by atoms with Crippen LogP contribution < -0.4 is 10.6 Å². The third kappa shape index (κ3) is 7.10. The molecule has 5 heteroatoms. The van der Waals surface area contributed by atoms with Gasteiger partial charge in [0.2, 0.25) is 0 Å². The summed E-state index contributed by atoms with van der Waals surface area (Å²) in [5.74, 6) is 1.23. The van der Waals surface area contributed by atoms with Crippen molar-refractivity contribution in [1.29, 1.82) is 0 Å². The van der Waals surface area contributed by atoms with Crippen LogP contribution in [0.5, 0.6) is 0 Å². The van der Waals surface area contributed by atoms with Crippen LogP contribution in [-0.2, 0) is 0 Å². The normalized spacial score (nSPS) is 21.8. The number of likely N-dealkylation sites (tertiary alicyclic amines) is 1. The minimum Gasteiger partial charge on any atom is -0.394 e. The standard InChI is InChI=1S/C15H31N3O2/c1-12(2)9-14(11-19)17-15(20)16-6-8-18-7-4-5-13(3)10-18/h12-14,19H,4-11H2,1-3H3,(H2,16,17,20). The Labute approximate surface area is 123 Å². The molecule has 1 fully saturated rings. The van der Waals surface area contributed by atoms with E-state index in [2.05, 4.69) is 36.3 Å². The fraction of sp³-hybridized carbons (Fsp3) is 0.933. The number of aliphatic hydroxyl groups is 1. The molecule has 0 saturated carbocycles. The smallest absolute Gasteiger partial charge is 0.315 e. The predicted octanol–water partition coefficient (Wildman–Crippen LogP) is 1.42. The number of nitrogens with zero attached hydrogens (tertiary/aromatic N) is 1. The molecule has 0 spiro atoms. The van der Waals surface area contributed by atoms with E-state index in [-0.39, 0.29) is 18.7 Å². The third-order valence-corrected chi connectivity index (χ3v) is 3.77. The van der Waals surface area contributed by atoms with E-state index >= 15 is 0 Å². The maximum atomic E-state index is 11.7. The SMILES string of the molecule is CC(C)CC(CO)NC(=O)NCCN1CCCC(C)C1. The second-order valence-corrected chi connectivity index (χ2v) is 6.46. The minimum absolute atomic E-state index is 0.00472. The first kappa shape index (κ1) is 17.2. The van der Waals surface area contributed by atoms with E-state index in [9.17, 15) is 9.90 Å². The molecule has 1 aliphatic heterocycles. The average Bonchev–Trinajstić information content (AvgIpc) is 2.37. The Kier molecular flexibility index (Phi) is 7.92. The topological polar surface area (TPSA) is 64.6 Å². The molecule has 0 aliphatic carbocycles. The van der Waals surface area contributed by atoms with Crippen molar-refractivity contribution >= 4 is 6.03 Å². The van der Waals surface area contributed by atoms with Crippen LogP contribution >= 0.6 is 0 Å². The van der Waals surface area contributed by atoms with Gasteiger partial charge in [-0.2, -0.15) is 0 Å². The van der Waals surface area contributed by atoms with Crippen molar-refractivity contribution in [3.05, 3.63) is 0 Å². The number of hydrogen-bond acceptors (Lipinski definition) is 3. The summed E-state index contributed by atoms with van der Waals surface area (Å²) in [6.07, 6.45) is 3.37. The second kappa shape index (κ2) is 9.19. The van der Waals surface area contributed by atoms with E-state index in [0.717, 1.165) is 32.0 Å². The van der Waals surface area contributed by atoms with Gasteiger partial charge in [-0.25, -0.2) is 4.79 Å². The molecule has 0 radical (unpaired) electrons. The summed E-state index contributed by atoms with van der Waals surface area (Å²) in [5.41, 5.74) is 0. The summed E-state index contributed by atoms with van der Waals surface area (Å²) in [4.78, 5) is 14.2. The molecule has 5 nitrogen and oxygen atoms in total. The van der Waals surface area contributed by atoms with Crippen molar-refractivity contribution < 1.29 is 9.90 Å². The Morgan fingerprint density at radius 1 is 1.45 bits per heavy atom. The van der Waals surface area contributed by atoms with Crippen LogP contribution in [0, 0.1) is 11.8 Å². The molecule has 0 aromatic heterocycles. The molecule has 0 bridgehead atoms.